The minimum atomic E-state index is -1.12. The Morgan fingerprint density at radius 1 is 0.865 bits per heavy atom. The molecule has 0 saturated heterocycles. The maximum atomic E-state index is 13.2. The van der Waals surface area contributed by atoms with E-state index in [0.29, 0.717) is 22.1 Å². The first-order chi connectivity index (χ1) is 18.0. The van der Waals surface area contributed by atoms with E-state index in [9.17, 15) is 4.79 Å². The van der Waals surface area contributed by atoms with E-state index in [2.05, 4.69) is 30.5 Å². The molecule has 1 atom stereocenters. The summed E-state index contributed by atoms with van der Waals surface area (Å²) in [6.45, 7) is 5.12. The van der Waals surface area contributed by atoms with Crippen LogP contribution in [-0.2, 0) is 10.3 Å². The number of benzene rings is 4. The zero-order valence-corrected chi connectivity index (χ0v) is 21.5. The number of aryl methyl sites for hydroxylation is 1. The predicted molar refractivity (Wildman–Crippen MR) is 148 cm³/mol. The molecule has 6 heteroatoms. The second-order valence-corrected chi connectivity index (χ2v) is 9.88. The Morgan fingerprint density at radius 2 is 1.65 bits per heavy atom. The third kappa shape index (κ3) is 3.82. The molecule has 2 N–H and O–H groups in total. The highest BCUT2D eigenvalue weighted by atomic mass is 35.5. The fourth-order valence-corrected chi connectivity index (χ4v) is 5.39. The fourth-order valence-electron chi connectivity index (χ4n) is 5.21. The Kier molecular flexibility index (Phi) is 5.81. The number of para-hydroxylation sites is 1. The molecule has 2 heterocycles. The minimum absolute atomic E-state index is 0.346. The van der Waals surface area contributed by atoms with Crippen LogP contribution in [-0.4, -0.2) is 12.5 Å². The van der Waals surface area contributed by atoms with E-state index >= 15 is 0 Å². The number of unbranched alkanes of at least 4 members (excludes halogenated alkanes) is 1. The molecule has 1 unspecified atom stereocenters. The normalized spacial score (nSPS) is 16.9. The van der Waals surface area contributed by atoms with Crippen molar-refractivity contribution >= 4 is 34.6 Å². The molecular weight excluding hydrogens is 484 g/mol. The summed E-state index contributed by atoms with van der Waals surface area (Å²) >= 11 is 6.41. The third-order valence-electron chi connectivity index (χ3n) is 7.06. The zero-order chi connectivity index (χ0) is 25.6. The van der Waals surface area contributed by atoms with Crippen molar-refractivity contribution in [3.63, 3.8) is 0 Å². The number of ether oxygens (including phenoxy) is 2. The average molecular weight is 511 g/mol. The zero-order valence-electron chi connectivity index (χ0n) is 20.7. The van der Waals surface area contributed by atoms with Gasteiger partial charge in [0, 0.05) is 40.7 Å². The highest BCUT2D eigenvalue weighted by Crippen LogP contribution is 2.57. The second kappa shape index (κ2) is 9.16. The van der Waals surface area contributed by atoms with Crippen LogP contribution in [0.4, 0.5) is 17.1 Å². The van der Waals surface area contributed by atoms with Gasteiger partial charge < -0.3 is 20.1 Å². The molecule has 37 heavy (non-hydrogen) atoms. The van der Waals surface area contributed by atoms with Gasteiger partial charge in [0.05, 0.1) is 16.3 Å². The minimum Gasteiger partial charge on any atom is -0.456 e. The summed E-state index contributed by atoms with van der Waals surface area (Å²) < 4.78 is 12.8. The van der Waals surface area contributed by atoms with Crippen LogP contribution in [0, 0.1) is 6.92 Å². The van der Waals surface area contributed by atoms with Crippen LogP contribution in [0.1, 0.15) is 52.4 Å². The van der Waals surface area contributed by atoms with E-state index in [-0.39, 0.29) is 5.97 Å². The summed E-state index contributed by atoms with van der Waals surface area (Å²) in [5, 5.41) is 7.54. The lowest BCUT2D eigenvalue weighted by Gasteiger charge is -2.37. The molecule has 0 amide bonds. The van der Waals surface area contributed by atoms with Gasteiger partial charge in [-0.15, -0.1) is 0 Å². The molecule has 0 aliphatic carbocycles. The van der Waals surface area contributed by atoms with Gasteiger partial charge in [0.25, 0.3) is 0 Å². The molecular formula is C31H27ClN2O3. The number of anilines is 3. The number of hydrogen-bond acceptors (Lipinski definition) is 5. The van der Waals surface area contributed by atoms with Crippen molar-refractivity contribution in [2.24, 2.45) is 0 Å². The SMILES string of the molecule is CCCCNc1cc2c(cc1C)C1(OC(=O)c3ccccc31)c1cc(Nc3ccccc3Cl)ccc1O2. The maximum Gasteiger partial charge on any atom is 0.340 e. The number of nitrogens with one attached hydrogen (secondary N) is 2. The number of hydrogen-bond donors (Lipinski definition) is 2. The van der Waals surface area contributed by atoms with Crippen molar-refractivity contribution in [3.8, 4) is 11.5 Å². The van der Waals surface area contributed by atoms with Crippen molar-refractivity contribution < 1.29 is 14.3 Å². The molecule has 186 valence electrons. The fraction of sp³-hybridized carbons (Fsp3) is 0.194. The predicted octanol–water partition coefficient (Wildman–Crippen LogP) is 8.17. The summed E-state index contributed by atoms with van der Waals surface area (Å²) in [7, 11) is 0. The van der Waals surface area contributed by atoms with Gasteiger partial charge in [-0.2, -0.15) is 0 Å². The lowest BCUT2D eigenvalue weighted by atomic mass is 9.77. The molecule has 5 nitrogen and oxygen atoms in total. The van der Waals surface area contributed by atoms with Crippen LogP contribution in [0.2, 0.25) is 5.02 Å². The summed E-state index contributed by atoms with van der Waals surface area (Å²) in [6.07, 6.45) is 2.19. The van der Waals surface area contributed by atoms with Gasteiger partial charge in [-0.05, 0) is 61.4 Å². The highest BCUT2D eigenvalue weighted by Gasteiger charge is 2.53. The van der Waals surface area contributed by atoms with Crippen LogP contribution in [0.3, 0.4) is 0 Å². The molecule has 6 rings (SSSR count). The molecule has 0 aromatic heterocycles. The van der Waals surface area contributed by atoms with Crippen LogP contribution >= 0.6 is 11.6 Å². The molecule has 4 aromatic carbocycles. The Bertz CT molecular complexity index is 1530. The Hall–Kier alpha value is -3.96. The first-order valence-electron chi connectivity index (χ1n) is 12.6. The van der Waals surface area contributed by atoms with E-state index in [4.69, 9.17) is 21.1 Å². The summed E-state index contributed by atoms with van der Waals surface area (Å²) in [5.74, 6) is 0.972. The summed E-state index contributed by atoms with van der Waals surface area (Å²) in [6, 6.07) is 25.1. The monoisotopic (exact) mass is 510 g/mol. The van der Waals surface area contributed by atoms with Gasteiger partial charge in [0.2, 0.25) is 0 Å². The number of carbonyl (C=O) groups excluding carboxylic acids is 1. The number of carbonyl (C=O) groups is 1. The number of rotatable bonds is 6. The molecule has 2 aliphatic heterocycles. The van der Waals surface area contributed by atoms with Crippen LogP contribution in [0.15, 0.2) is 78.9 Å². The van der Waals surface area contributed by atoms with Crippen molar-refractivity contribution in [1.29, 1.82) is 0 Å². The lowest BCUT2D eigenvalue weighted by molar-refractivity contribution is 0.0224. The summed E-state index contributed by atoms with van der Waals surface area (Å²) in [5.41, 5.74) is 5.51. The van der Waals surface area contributed by atoms with Crippen LogP contribution < -0.4 is 15.4 Å². The molecule has 0 saturated carbocycles. The van der Waals surface area contributed by atoms with Gasteiger partial charge in [-0.25, -0.2) is 4.79 Å². The molecule has 4 aromatic rings. The topological polar surface area (TPSA) is 59.6 Å². The smallest absolute Gasteiger partial charge is 0.340 e. The van der Waals surface area contributed by atoms with E-state index in [0.717, 1.165) is 58.7 Å². The van der Waals surface area contributed by atoms with Crippen molar-refractivity contribution in [2.75, 3.05) is 17.2 Å². The van der Waals surface area contributed by atoms with Gasteiger partial charge in [-0.1, -0.05) is 55.3 Å². The quantitative estimate of drug-likeness (QED) is 0.202. The first kappa shape index (κ1) is 23.4. The third-order valence-corrected chi connectivity index (χ3v) is 7.38. The van der Waals surface area contributed by atoms with Crippen LogP contribution in [0.5, 0.6) is 11.5 Å². The molecule has 0 fully saturated rings. The Labute approximate surface area is 221 Å². The molecule has 0 radical (unpaired) electrons. The summed E-state index contributed by atoms with van der Waals surface area (Å²) in [4.78, 5) is 13.2. The molecule has 0 bridgehead atoms. The van der Waals surface area contributed by atoms with E-state index < -0.39 is 5.60 Å². The standard InChI is InChI=1S/C31H27ClN2O3/c1-3-4-15-33-27-18-29-23(16-19(27)2)31(22-10-6-5-9-21(22)30(35)37-31)24-17-20(13-14-28(24)36-29)34-26-12-8-7-11-25(26)32/h5-14,16-18,33-34H,3-4,15H2,1-2H3. The molecule has 1 spiro atoms. The van der Waals surface area contributed by atoms with Gasteiger partial charge >= 0.3 is 5.97 Å². The lowest BCUT2D eigenvalue weighted by Crippen LogP contribution is -2.33. The maximum absolute atomic E-state index is 13.2. The number of esters is 1. The largest absolute Gasteiger partial charge is 0.456 e. The second-order valence-electron chi connectivity index (χ2n) is 9.48. The first-order valence-corrected chi connectivity index (χ1v) is 12.9. The van der Waals surface area contributed by atoms with Crippen molar-refractivity contribution in [2.45, 2.75) is 32.3 Å². The van der Waals surface area contributed by atoms with Gasteiger partial charge in [-0.3, -0.25) is 0 Å². The van der Waals surface area contributed by atoms with Gasteiger partial charge in [0.1, 0.15) is 11.5 Å². The van der Waals surface area contributed by atoms with Gasteiger partial charge in [0.15, 0.2) is 5.60 Å². The van der Waals surface area contributed by atoms with E-state index in [1.165, 1.54) is 0 Å². The average Bonchev–Trinajstić information content (AvgIpc) is 3.20. The van der Waals surface area contributed by atoms with Crippen molar-refractivity contribution in [1.82, 2.24) is 0 Å². The highest BCUT2D eigenvalue weighted by molar-refractivity contribution is 6.33. The van der Waals surface area contributed by atoms with Crippen LogP contribution in [0.25, 0.3) is 0 Å². The van der Waals surface area contributed by atoms with E-state index in [1.54, 1.807) is 0 Å². The van der Waals surface area contributed by atoms with Crippen molar-refractivity contribution in [3.05, 3.63) is 112 Å². The Balaban J connectivity index is 1.53. The molecule has 2 aliphatic rings. The Morgan fingerprint density at radius 3 is 2.49 bits per heavy atom. The van der Waals surface area contributed by atoms with E-state index in [1.807, 2.05) is 72.8 Å². The number of fused-ring (bicyclic) bond motifs is 6. The number of halogens is 1.